The van der Waals surface area contributed by atoms with Crippen molar-refractivity contribution in [2.45, 2.75) is 25.3 Å². The number of fused-ring (bicyclic) bond motifs is 1. The Kier molecular flexibility index (Phi) is 4.87. The molecule has 132 valence electrons. The van der Waals surface area contributed by atoms with Crippen LogP contribution in [0.1, 0.15) is 18.4 Å². The zero-order valence-corrected chi connectivity index (χ0v) is 14.8. The zero-order valence-electron chi connectivity index (χ0n) is 14.8. The van der Waals surface area contributed by atoms with Gasteiger partial charge in [-0.05, 0) is 47.7 Å². The Morgan fingerprint density at radius 1 is 0.962 bits per heavy atom. The molecular formula is C23H23NO2. The standard InChI is InChI=1S/C23H23NO2/c25-23(17-26-22-13-12-19-9-4-5-10-20(19)16-22)24-14-6-11-21(24)15-18-7-2-1-3-8-18/h1-5,7-10,12-13,16,21H,6,11,14-15,17H2. The summed E-state index contributed by atoms with van der Waals surface area (Å²) in [6, 6.07) is 24.8. The molecule has 1 unspecified atom stereocenters. The van der Waals surface area contributed by atoms with Gasteiger partial charge >= 0.3 is 0 Å². The van der Waals surface area contributed by atoms with Crippen LogP contribution in [0, 0.1) is 0 Å². The van der Waals surface area contributed by atoms with Crippen molar-refractivity contribution < 1.29 is 9.53 Å². The summed E-state index contributed by atoms with van der Waals surface area (Å²) in [5.74, 6) is 0.826. The SMILES string of the molecule is O=C(COc1ccc2ccccc2c1)N1CCCC1Cc1ccccc1. The topological polar surface area (TPSA) is 29.5 Å². The Morgan fingerprint density at radius 3 is 2.58 bits per heavy atom. The van der Waals surface area contributed by atoms with E-state index < -0.39 is 0 Å². The number of hydrogen-bond donors (Lipinski definition) is 0. The molecule has 0 saturated carbocycles. The van der Waals surface area contributed by atoms with Gasteiger partial charge in [0.15, 0.2) is 6.61 Å². The van der Waals surface area contributed by atoms with Crippen molar-refractivity contribution >= 4 is 16.7 Å². The minimum atomic E-state index is 0.0802. The molecule has 1 heterocycles. The fourth-order valence-corrected chi connectivity index (χ4v) is 3.75. The van der Waals surface area contributed by atoms with Gasteiger partial charge in [-0.2, -0.15) is 0 Å². The maximum atomic E-state index is 12.7. The van der Waals surface area contributed by atoms with E-state index >= 15 is 0 Å². The van der Waals surface area contributed by atoms with Crippen molar-refractivity contribution in [2.75, 3.05) is 13.2 Å². The molecule has 0 bridgehead atoms. The fraction of sp³-hybridized carbons (Fsp3) is 0.261. The molecule has 3 heteroatoms. The summed E-state index contributed by atoms with van der Waals surface area (Å²) in [6.07, 6.45) is 3.05. The Labute approximate surface area is 154 Å². The quantitative estimate of drug-likeness (QED) is 0.684. The van der Waals surface area contributed by atoms with Crippen LogP contribution in [0.15, 0.2) is 72.8 Å². The van der Waals surface area contributed by atoms with E-state index in [1.807, 2.05) is 41.3 Å². The lowest BCUT2D eigenvalue weighted by Gasteiger charge is -2.25. The molecule has 1 fully saturated rings. The van der Waals surface area contributed by atoms with Gasteiger partial charge in [0, 0.05) is 12.6 Å². The molecule has 4 rings (SSSR count). The van der Waals surface area contributed by atoms with Crippen molar-refractivity contribution in [1.82, 2.24) is 4.90 Å². The first-order chi connectivity index (χ1) is 12.8. The average molecular weight is 345 g/mol. The zero-order chi connectivity index (χ0) is 17.8. The largest absolute Gasteiger partial charge is 0.484 e. The van der Waals surface area contributed by atoms with E-state index in [9.17, 15) is 4.79 Å². The maximum absolute atomic E-state index is 12.7. The first-order valence-electron chi connectivity index (χ1n) is 9.24. The van der Waals surface area contributed by atoms with E-state index in [1.54, 1.807) is 0 Å². The van der Waals surface area contributed by atoms with Gasteiger partial charge < -0.3 is 9.64 Å². The fourth-order valence-electron chi connectivity index (χ4n) is 3.75. The van der Waals surface area contributed by atoms with Gasteiger partial charge in [-0.3, -0.25) is 4.79 Å². The summed E-state index contributed by atoms with van der Waals surface area (Å²) in [5.41, 5.74) is 1.28. The summed E-state index contributed by atoms with van der Waals surface area (Å²) in [6.45, 7) is 0.932. The number of carbonyl (C=O) groups is 1. The highest BCUT2D eigenvalue weighted by atomic mass is 16.5. The van der Waals surface area contributed by atoms with Crippen LogP contribution in [0.3, 0.4) is 0 Å². The van der Waals surface area contributed by atoms with Gasteiger partial charge in [-0.1, -0.05) is 60.7 Å². The van der Waals surface area contributed by atoms with Crippen LogP contribution in [0.5, 0.6) is 5.75 Å². The molecule has 1 aliphatic heterocycles. The van der Waals surface area contributed by atoms with Crippen molar-refractivity contribution in [3.63, 3.8) is 0 Å². The van der Waals surface area contributed by atoms with Crippen LogP contribution >= 0.6 is 0 Å². The van der Waals surface area contributed by atoms with Crippen molar-refractivity contribution in [3.8, 4) is 5.75 Å². The molecule has 1 amide bonds. The van der Waals surface area contributed by atoms with Crippen molar-refractivity contribution in [2.24, 2.45) is 0 Å². The van der Waals surface area contributed by atoms with E-state index in [4.69, 9.17) is 4.74 Å². The number of carbonyl (C=O) groups excluding carboxylic acids is 1. The minimum Gasteiger partial charge on any atom is -0.484 e. The maximum Gasteiger partial charge on any atom is 0.260 e. The highest BCUT2D eigenvalue weighted by molar-refractivity contribution is 5.84. The number of benzene rings is 3. The molecule has 3 aromatic carbocycles. The summed E-state index contributed by atoms with van der Waals surface area (Å²) in [7, 11) is 0. The van der Waals surface area contributed by atoms with Crippen LogP contribution < -0.4 is 4.74 Å². The lowest BCUT2D eigenvalue weighted by Crippen LogP contribution is -2.39. The molecule has 0 N–H and O–H groups in total. The van der Waals surface area contributed by atoms with Gasteiger partial charge in [0.1, 0.15) is 5.75 Å². The number of nitrogens with zero attached hydrogens (tertiary/aromatic N) is 1. The Balaban J connectivity index is 1.38. The number of amides is 1. The molecule has 1 saturated heterocycles. The molecule has 26 heavy (non-hydrogen) atoms. The number of hydrogen-bond acceptors (Lipinski definition) is 2. The molecule has 0 spiro atoms. The van der Waals surface area contributed by atoms with Crippen LogP contribution in [-0.2, 0) is 11.2 Å². The molecule has 1 atom stereocenters. The van der Waals surface area contributed by atoms with Crippen LogP contribution in [0.25, 0.3) is 10.8 Å². The second kappa shape index (κ2) is 7.61. The molecule has 3 nitrogen and oxygen atoms in total. The lowest BCUT2D eigenvalue weighted by atomic mass is 10.0. The summed E-state index contributed by atoms with van der Waals surface area (Å²) >= 11 is 0. The Bertz CT molecular complexity index is 891. The highest BCUT2D eigenvalue weighted by Gasteiger charge is 2.28. The Morgan fingerprint density at radius 2 is 1.73 bits per heavy atom. The summed E-state index contributed by atoms with van der Waals surface area (Å²) in [5, 5.41) is 2.30. The summed E-state index contributed by atoms with van der Waals surface area (Å²) < 4.78 is 5.80. The van der Waals surface area contributed by atoms with E-state index in [0.717, 1.165) is 36.9 Å². The molecule has 1 aliphatic rings. The first-order valence-corrected chi connectivity index (χ1v) is 9.24. The van der Waals surface area contributed by atoms with E-state index in [-0.39, 0.29) is 18.6 Å². The van der Waals surface area contributed by atoms with Crippen LogP contribution in [0.4, 0.5) is 0 Å². The van der Waals surface area contributed by atoms with Crippen molar-refractivity contribution in [1.29, 1.82) is 0 Å². The normalized spacial score (nSPS) is 16.8. The smallest absolute Gasteiger partial charge is 0.260 e. The average Bonchev–Trinajstić information content (AvgIpc) is 3.15. The van der Waals surface area contributed by atoms with Gasteiger partial charge in [0.05, 0.1) is 0 Å². The van der Waals surface area contributed by atoms with Crippen LogP contribution in [-0.4, -0.2) is 30.0 Å². The van der Waals surface area contributed by atoms with E-state index in [1.165, 1.54) is 10.9 Å². The van der Waals surface area contributed by atoms with Gasteiger partial charge in [-0.15, -0.1) is 0 Å². The predicted molar refractivity (Wildman–Crippen MR) is 104 cm³/mol. The van der Waals surface area contributed by atoms with Crippen LogP contribution in [0.2, 0.25) is 0 Å². The molecule has 0 radical (unpaired) electrons. The monoisotopic (exact) mass is 345 g/mol. The van der Waals surface area contributed by atoms with E-state index in [2.05, 4.69) is 36.4 Å². The lowest BCUT2D eigenvalue weighted by molar-refractivity contribution is -0.134. The number of ether oxygens (including phenoxy) is 1. The second-order valence-electron chi connectivity index (χ2n) is 6.87. The second-order valence-corrected chi connectivity index (χ2v) is 6.87. The number of rotatable bonds is 5. The molecule has 3 aromatic rings. The number of likely N-dealkylation sites (tertiary alicyclic amines) is 1. The van der Waals surface area contributed by atoms with Gasteiger partial charge in [0.25, 0.3) is 5.91 Å². The third-order valence-electron chi connectivity index (χ3n) is 5.09. The minimum absolute atomic E-state index is 0.0802. The van der Waals surface area contributed by atoms with Gasteiger partial charge in [0.2, 0.25) is 0 Å². The van der Waals surface area contributed by atoms with Gasteiger partial charge in [-0.25, -0.2) is 0 Å². The molecular weight excluding hydrogens is 322 g/mol. The molecule has 0 aromatic heterocycles. The third kappa shape index (κ3) is 3.72. The highest BCUT2D eigenvalue weighted by Crippen LogP contribution is 2.23. The molecule has 0 aliphatic carbocycles. The van der Waals surface area contributed by atoms with Crippen molar-refractivity contribution in [3.05, 3.63) is 78.4 Å². The Hall–Kier alpha value is -2.81. The summed E-state index contributed by atoms with van der Waals surface area (Å²) in [4.78, 5) is 14.7. The third-order valence-corrected chi connectivity index (χ3v) is 5.09. The first kappa shape index (κ1) is 16.6. The van der Waals surface area contributed by atoms with E-state index in [0.29, 0.717) is 0 Å². The predicted octanol–water partition coefficient (Wildman–Crippen LogP) is 4.45.